The normalized spacial score (nSPS) is 11.3. The second-order valence-corrected chi connectivity index (χ2v) is 9.24. The summed E-state index contributed by atoms with van der Waals surface area (Å²) >= 11 is 6.11. The molecular formula is C25H26ClNO7S. The molecule has 0 radical (unpaired) electrons. The van der Waals surface area contributed by atoms with Gasteiger partial charge in [0.25, 0.3) is 10.0 Å². The first-order valence-corrected chi connectivity index (χ1v) is 12.1. The lowest BCUT2D eigenvalue weighted by Gasteiger charge is -2.14. The number of hydrogen-bond donors (Lipinski definition) is 1. The number of hydrogen-bond acceptors (Lipinski definition) is 7. The van der Waals surface area contributed by atoms with Gasteiger partial charge in [-0.1, -0.05) is 29.8 Å². The molecule has 0 fully saturated rings. The van der Waals surface area contributed by atoms with Crippen LogP contribution >= 0.6 is 11.6 Å². The van der Waals surface area contributed by atoms with E-state index in [2.05, 4.69) is 4.72 Å². The number of benzene rings is 3. The summed E-state index contributed by atoms with van der Waals surface area (Å²) in [6, 6.07) is 13.0. The van der Waals surface area contributed by atoms with Gasteiger partial charge in [-0.25, -0.2) is 8.42 Å². The molecule has 0 unspecified atom stereocenters. The first-order valence-electron chi connectivity index (χ1n) is 10.3. The number of anilines is 1. The molecule has 0 aliphatic carbocycles. The van der Waals surface area contributed by atoms with Gasteiger partial charge in [-0.05, 0) is 53.6 Å². The molecule has 3 rings (SSSR count). The molecule has 0 bridgehead atoms. The standard InChI is InChI=1S/C25H26ClNO7S/c1-30-21-11-9-18(15-19(21)26)35(28,29)27-20-12-16(8-10-22(20)31-2)6-7-17-13-23(32-3)25(34-5)24(14-17)33-4/h6-15,27H,1-5H3/b7-6-. The monoisotopic (exact) mass is 519 g/mol. The van der Waals surface area contributed by atoms with E-state index in [0.29, 0.717) is 28.7 Å². The summed E-state index contributed by atoms with van der Waals surface area (Å²) in [7, 11) is 3.60. The van der Waals surface area contributed by atoms with E-state index in [4.69, 9.17) is 35.3 Å². The van der Waals surface area contributed by atoms with Gasteiger partial charge in [-0.15, -0.1) is 0 Å². The van der Waals surface area contributed by atoms with Crippen molar-refractivity contribution in [3.05, 3.63) is 64.7 Å². The fraction of sp³-hybridized carbons (Fsp3) is 0.200. The summed E-state index contributed by atoms with van der Waals surface area (Å²) in [4.78, 5) is -0.0104. The first-order chi connectivity index (χ1) is 16.8. The molecule has 3 aromatic carbocycles. The predicted octanol–water partition coefficient (Wildman–Crippen LogP) is 5.35. The second-order valence-electron chi connectivity index (χ2n) is 7.15. The van der Waals surface area contributed by atoms with E-state index in [1.807, 2.05) is 12.2 Å². The highest BCUT2D eigenvalue weighted by Gasteiger charge is 2.19. The Labute approximate surface area is 210 Å². The van der Waals surface area contributed by atoms with Crippen LogP contribution in [0.4, 0.5) is 5.69 Å². The third-order valence-electron chi connectivity index (χ3n) is 5.06. The Kier molecular flexibility index (Phi) is 8.37. The largest absolute Gasteiger partial charge is 0.495 e. The lowest BCUT2D eigenvalue weighted by Crippen LogP contribution is -2.14. The van der Waals surface area contributed by atoms with Crippen LogP contribution in [0.3, 0.4) is 0 Å². The van der Waals surface area contributed by atoms with Crippen molar-refractivity contribution in [2.24, 2.45) is 0 Å². The molecule has 8 nitrogen and oxygen atoms in total. The van der Waals surface area contributed by atoms with Crippen LogP contribution in [0, 0.1) is 0 Å². The topological polar surface area (TPSA) is 92.3 Å². The molecule has 0 atom stereocenters. The molecule has 186 valence electrons. The molecule has 3 aromatic rings. The van der Waals surface area contributed by atoms with Crippen molar-refractivity contribution in [1.29, 1.82) is 0 Å². The molecule has 0 saturated carbocycles. The third-order valence-corrected chi connectivity index (χ3v) is 6.72. The summed E-state index contributed by atoms with van der Waals surface area (Å²) in [5.41, 5.74) is 1.79. The van der Waals surface area contributed by atoms with Crippen molar-refractivity contribution >= 4 is 39.5 Å². The first kappa shape index (κ1) is 26.1. The Bertz CT molecular complexity index is 1310. The van der Waals surface area contributed by atoms with Gasteiger partial charge in [0.2, 0.25) is 5.75 Å². The fourth-order valence-electron chi connectivity index (χ4n) is 3.32. The van der Waals surface area contributed by atoms with Crippen LogP contribution in [-0.2, 0) is 10.0 Å². The molecule has 1 N–H and O–H groups in total. The summed E-state index contributed by atoms with van der Waals surface area (Å²) in [6.07, 6.45) is 3.66. The van der Waals surface area contributed by atoms with Gasteiger partial charge < -0.3 is 23.7 Å². The summed E-state index contributed by atoms with van der Waals surface area (Å²) in [6.45, 7) is 0. The molecule has 0 heterocycles. The lowest BCUT2D eigenvalue weighted by molar-refractivity contribution is 0.324. The van der Waals surface area contributed by atoms with Crippen molar-refractivity contribution in [2.45, 2.75) is 4.90 Å². The Balaban J connectivity index is 1.93. The van der Waals surface area contributed by atoms with Crippen LogP contribution in [0.15, 0.2) is 53.4 Å². The SMILES string of the molecule is COc1ccc(S(=O)(=O)Nc2cc(/C=C\c3cc(OC)c(OC)c(OC)c3)ccc2OC)cc1Cl. The van der Waals surface area contributed by atoms with E-state index in [-0.39, 0.29) is 15.6 Å². The van der Waals surface area contributed by atoms with Crippen LogP contribution in [0.5, 0.6) is 28.7 Å². The predicted molar refractivity (Wildman–Crippen MR) is 137 cm³/mol. The Morgan fingerprint density at radius 1 is 0.686 bits per heavy atom. The zero-order valence-electron chi connectivity index (χ0n) is 19.9. The van der Waals surface area contributed by atoms with Crippen molar-refractivity contribution in [2.75, 3.05) is 40.3 Å². The zero-order valence-corrected chi connectivity index (χ0v) is 21.5. The van der Waals surface area contributed by atoms with E-state index < -0.39 is 10.0 Å². The van der Waals surface area contributed by atoms with E-state index >= 15 is 0 Å². The quantitative estimate of drug-likeness (QED) is 0.361. The zero-order chi connectivity index (χ0) is 25.6. The van der Waals surface area contributed by atoms with E-state index in [1.54, 1.807) is 44.6 Å². The molecule has 0 amide bonds. The summed E-state index contributed by atoms with van der Waals surface area (Å²) < 4.78 is 55.1. The molecule has 0 aromatic heterocycles. The number of ether oxygens (including phenoxy) is 5. The molecule has 0 aliphatic heterocycles. The Hall–Kier alpha value is -3.56. The maximum absolute atomic E-state index is 13.0. The minimum atomic E-state index is -3.94. The maximum Gasteiger partial charge on any atom is 0.262 e. The van der Waals surface area contributed by atoms with Crippen LogP contribution in [0.1, 0.15) is 11.1 Å². The number of halogens is 1. The van der Waals surface area contributed by atoms with E-state index in [9.17, 15) is 8.42 Å². The average Bonchev–Trinajstić information content (AvgIpc) is 2.86. The third kappa shape index (κ3) is 5.93. The van der Waals surface area contributed by atoms with Crippen molar-refractivity contribution < 1.29 is 32.1 Å². The molecule has 0 saturated heterocycles. The van der Waals surface area contributed by atoms with Crippen molar-refractivity contribution in [1.82, 2.24) is 0 Å². The number of nitrogens with one attached hydrogen (secondary N) is 1. The van der Waals surface area contributed by atoms with Gasteiger partial charge in [-0.3, -0.25) is 4.72 Å². The molecule has 0 spiro atoms. The highest BCUT2D eigenvalue weighted by atomic mass is 35.5. The number of rotatable bonds is 10. The molecule has 0 aliphatic rings. The average molecular weight is 520 g/mol. The highest BCUT2D eigenvalue weighted by Crippen LogP contribution is 2.39. The van der Waals surface area contributed by atoms with Gasteiger partial charge >= 0.3 is 0 Å². The van der Waals surface area contributed by atoms with Crippen molar-refractivity contribution in [3.8, 4) is 28.7 Å². The minimum absolute atomic E-state index is 0.0104. The van der Waals surface area contributed by atoms with Crippen LogP contribution in [-0.4, -0.2) is 44.0 Å². The number of methoxy groups -OCH3 is 5. The van der Waals surface area contributed by atoms with E-state index in [0.717, 1.165) is 11.1 Å². The Morgan fingerprint density at radius 2 is 1.26 bits per heavy atom. The Morgan fingerprint density at radius 3 is 1.80 bits per heavy atom. The number of sulfonamides is 1. The van der Waals surface area contributed by atoms with E-state index in [1.165, 1.54) is 39.5 Å². The van der Waals surface area contributed by atoms with Crippen LogP contribution in [0.2, 0.25) is 5.02 Å². The molecule has 10 heteroatoms. The van der Waals surface area contributed by atoms with Crippen LogP contribution < -0.4 is 28.4 Å². The second kappa shape index (κ2) is 11.2. The van der Waals surface area contributed by atoms with Gasteiger partial charge in [0.05, 0.1) is 51.2 Å². The van der Waals surface area contributed by atoms with Gasteiger partial charge in [-0.2, -0.15) is 0 Å². The maximum atomic E-state index is 13.0. The summed E-state index contributed by atoms with van der Waals surface area (Å²) in [5.74, 6) is 2.27. The highest BCUT2D eigenvalue weighted by molar-refractivity contribution is 7.92. The van der Waals surface area contributed by atoms with Crippen molar-refractivity contribution in [3.63, 3.8) is 0 Å². The van der Waals surface area contributed by atoms with Gasteiger partial charge in [0.1, 0.15) is 11.5 Å². The molecule has 35 heavy (non-hydrogen) atoms. The fourth-order valence-corrected chi connectivity index (χ4v) is 4.73. The summed E-state index contributed by atoms with van der Waals surface area (Å²) in [5, 5.41) is 0.185. The smallest absolute Gasteiger partial charge is 0.262 e. The van der Waals surface area contributed by atoms with Gasteiger partial charge in [0, 0.05) is 0 Å². The van der Waals surface area contributed by atoms with Gasteiger partial charge in [0.15, 0.2) is 11.5 Å². The lowest BCUT2D eigenvalue weighted by atomic mass is 10.1. The molecular weight excluding hydrogens is 494 g/mol. The van der Waals surface area contributed by atoms with Crippen LogP contribution in [0.25, 0.3) is 12.2 Å². The minimum Gasteiger partial charge on any atom is -0.495 e.